The van der Waals surface area contributed by atoms with Crippen LogP contribution in [0.5, 0.6) is 0 Å². The van der Waals surface area contributed by atoms with Gasteiger partial charge in [0.2, 0.25) is 0 Å². The fraction of sp³-hybridized carbons (Fsp3) is 0.692. The van der Waals surface area contributed by atoms with Gasteiger partial charge in [-0.1, -0.05) is 20.8 Å². The maximum atomic E-state index is 11.5. The molecule has 1 heterocycles. The molecule has 102 valence electrons. The van der Waals surface area contributed by atoms with Gasteiger partial charge in [0.05, 0.1) is 5.69 Å². The normalized spacial score (nSPS) is 11.1. The molecule has 0 bridgehead atoms. The van der Waals surface area contributed by atoms with Crippen LogP contribution in [-0.2, 0) is 17.9 Å². The SMILES string of the molecule is CCCOCc1nc(CNCC(C)C)cc(=O)[nH]1. The molecule has 0 aliphatic rings. The summed E-state index contributed by atoms with van der Waals surface area (Å²) in [4.78, 5) is 18.5. The van der Waals surface area contributed by atoms with E-state index in [2.05, 4.69) is 29.1 Å². The van der Waals surface area contributed by atoms with E-state index in [4.69, 9.17) is 4.74 Å². The van der Waals surface area contributed by atoms with E-state index in [0.717, 1.165) is 18.7 Å². The molecule has 5 nitrogen and oxygen atoms in total. The summed E-state index contributed by atoms with van der Waals surface area (Å²) in [5.74, 6) is 1.18. The highest BCUT2D eigenvalue weighted by Gasteiger charge is 2.02. The van der Waals surface area contributed by atoms with Crippen molar-refractivity contribution in [1.29, 1.82) is 0 Å². The first kappa shape index (κ1) is 14.9. The summed E-state index contributed by atoms with van der Waals surface area (Å²) < 4.78 is 5.37. The number of hydrogen-bond donors (Lipinski definition) is 2. The smallest absolute Gasteiger partial charge is 0.251 e. The molecule has 0 fully saturated rings. The van der Waals surface area contributed by atoms with Crippen LogP contribution in [-0.4, -0.2) is 23.1 Å². The highest BCUT2D eigenvalue weighted by Crippen LogP contribution is 1.96. The zero-order valence-electron chi connectivity index (χ0n) is 11.5. The summed E-state index contributed by atoms with van der Waals surface area (Å²) in [6.45, 7) is 8.90. The number of H-pyrrole nitrogens is 1. The number of aromatic amines is 1. The van der Waals surface area contributed by atoms with Crippen molar-refractivity contribution >= 4 is 0 Å². The van der Waals surface area contributed by atoms with E-state index in [0.29, 0.717) is 31.5 Å². The minimum absolute atomic E-state index is 0.124. The minimum Gasteiger partial charge on any atom is -0.374 e. The molecule has 1 aromatic rings. The highest BCUT2D eigenvalue weighted by atomic mass is 16.5. The van der Waals surface area contributed by atoms with Crippen LogP contribution in [0.2, 0.25) is 0 Å². The van der Waals surface area contributed by atoms with Crippen molar-refractivity contribution in [2.75, 3.05) is 13.2 Å². The van der Waals surface area contributed by atoms with Gasteiger partial charge in [-0.05, 0) is 18.9 Å². The molecule has 5 heteroatoms. The van der Waals surface area contributed by atoms with Crippen LogP contribution in [0, 0.1) is 5.92 Å². The second-order valence-electron chi connectivity index (χ2n) is 4.76. The van der Waals surface area contributed by atoms with E-state index in [-0.39, 0.29) is 5.56 Å². The van der Waals surface area contributed by atoms with Gasteiger partial charge in [-0.15, -0.1) is 0 Å². The number of hydrogen-bond acceptors (Lipinski definition) is 4. The van der Waals surface area contributed by atoms with Crippen molar-refractivity contribution in [2.45, 2.75) is 40.3 Å². The Hall–Kier alpha value is -1.20. The number of nitrogens with zero attached hydrogens (tertiary/aromatic N) is 1. The number of aromatic nitrogens is 2. The van der Waals surface area contributed by atoms with Crippen LogP contribution in [0.15, 0.2) is 10.9 Å². The molecular formula is C13H23N3O2. The molecule has 0 unspecified atom stereocenters. The summed E-state index contributed by atoms with van der Waals surface area (Å²) in [6.07, 6.45) is 0.958. The molecule has 1 rings (SSSR count). The van der Waals surface area contributed by atoms with Crippen LogP contribution in [0.3, 0.4) is 0 Å². The Bertz CT molecular complexity index is 401. The predicted octanol–water partition coefficient (Wildman–Crippen LogP) is 1.44. The van der Waals surface area contributed by atoms with Crippen LogP contribution >= 0.6 is 0 Å². The van der Waals surface area contributed by atoms with E-state index < -0.39 is 0 Å². The van der Waals surface area contributed by atoms with Gasteiger partial charge in [-0.3, -0.25) is 4.79 Å². The van der Waals surface area contributed by atoms with Gasteiger partial charge in [0.15, 0.2) is 0 Å². The number of rotatable bonds is 8. The summed E-state index contributed by atoms with van der Waals surface area (Å²) in [5, 5.41) is 3.27. The van der Waals surface area contributed by atoms with E-state index in [9.17, 15) is 4.79 Å². The zero-order chi connectivity index (χ0) is 13.4. The molecular weight excluding hydrogens is 230 g/mol. The molecule has 0 spiro atoms. The maximum absolute atomic E-state index is 11.5. The van der Waals surface area contributed by atoms with E-state index in [1.165, 1.54) is 6.07 Å². The molecule has 0 radical (unpaired) electrons. The zero-order valence-corrected chi connectivity index (χ0v) is 11.5. The quantitative estimate of drug-likeness (QED) is 0.688. The first-order chi connectivity index (χ1) is 8.61. The molecule has 1 aromatic heterocycles. The Kier molecular flexibility index (Phi) is 6.60. The third-order valence-electron chi connectivity index (χ3n) is 2.29. The van der Waals surface area contributed by atoms with Crippen molar-refractivity contribution in [3.05, 3.63) is 27.9 Å². The lowest BCUT2D eigenvalue weighted by molar-refractivity contribution is 0.115. The van der Waals surface area contributed by atoms with Gasteiger partial charge in [0.25, 0.3) is 5.56 Å². The summed E-state index contributed by atoms with van der Waals surface area (Å²) in [5.41, 5.74) is 0.635. The lowest BCUT2D eigenvalue weighted by Gasteiger charge is -2.08. The summed E-state index contributed by atoms with van der Waals surface area (Å²) in [7, 11) is 0. The first-order valence-electron chi connectivity index (χ1n) is 6.49. The van der Waals surface area contributed by atoms with Gasteiger partial charge >= 0.3 is 0 Å². The average Bonchev–Trinajstić information content (AvgIpc) is 2.28. The summed E-state index contributed by atoms with van der Waals surface area (Å²) >= 11 is 0. The van der Waals surface area contributed by atoms with Crippen molar-refractivity contribution < 1.29 is 4.74 Å². The predicted molar refractivity (Wildman–Crippen MR) is 71.3 cm³/mol. The fourth-order valence-electron chi connectivity index (χ4n) is 1.52. The van der Waals surface area contributed by atoms with E-state index in [1.807, 2.05) is 6.92 Å². The maximum Gasteiger partial charge on any atom is 0.251 e. The standard InChI is InChI=1S/C13H23N3O2/c1-4-5-18-9-12-15-11(6-13(17)16-12)8-14-7-10(2)3/h6,10,14H,4-5,7-9H2,1-3H3,(H,15,16,17). The van der Waals surface area contributed by atoms with Gasteiger partial charge in [-0.25, -0.2) is 4.98 Å². The molecule has 0 saturated carbocycles. The van der Waals surface area contributed by atoms with Crippen molar-refractivity contribution in [3.63, 3.8) is 0 Å². The Morgan fingerprint density at radius 1 is 1.50 bits per heavy atom. The Morgan fingerprint density at radius 2 is 2.28 bits per heavy atom. The van der Waals surface area contributed by atoms with Crippen LogP contribution in [0.1, 0.15) is 38.7 Å². The second-order valence-corrected chi connectivity index (χ2v) is 4.76. The lowest BCUT2D eigenvalue weighted by Crippen LogP contribution is -2.22. The van der Waals surface area contributed by atoms with Gasteiger partial charge in [-0.2, -0.15) is 0 Å². The second kappa shape index (κ2) is 8.00. The Labute approximate surface area is 108 Å². The Balaban J connectivity index is 2.54. The lowest BCUT2D eigenvalue weighted by atomic mass is 10.2. The van der Waals surface area contributed by atoms with E-state index in [1.54, 1.807) is 0 Å². The first-order valence-corrected chi connectivity index (χ1v) is 6.49. The third kappa shape index (κ3) is 5.93. The molecule has 2 N–H and O–H groups in total. The number of nitrogens with one attached hydrogen (secondary N) is 2. The monoisotopic (exact) mass is 253 g/mol. The third-order valence-corrected chi connectivity index (χ3v) is 2.29. The fourth-order valence-corrected chi connectivity index (χ4v) is 1.52. The van der Waals surface area contributed by atoms with Crippen molar-refractivity contribution in [2.24, 2.45) is 5.92 Å². The van der Waals surface area contributed by atoms with E-state index >= 15 is 0 Å². The van der Waals surface area contributed by atoms with Crippen LogP contribution < -0.4 is 10.9 Å². The van der Waals surface area contributed by atoms with Crippen LogP contribution in [0.25, 0.3) is 0 Å². The van der Waals surface area contributed by atoms with Crippen molar-refractivity contribution in [1.82, 2.24) is 15.3 Å². The molecule has 0 atom stereocenters. The molecule has 0 saturated heterocycles. The molecule has 0 amide bonds. The van der Waals surface area contributed by atoms with Gasteiger partial charge < -0.3 is 15.0 Å². The molecule has 0 aromatic carbocycles. The highest BCUT2D eigenvalue weighted by molar-refractivity contribution is 5.02. The minimum atomic E-state index is -0.124. The molecule has 0 aliphatic heterocycles. The van der Waals surface area contributed by atoms with Crippen molar-refractivity contribution in [3.8, 4) is 0 Å². The van der Waals surface area contributed by atoms with Gasteiger partial charge in [0.1, 0.15) is 12.4 Å². The van der Waals surface area contributed by atoms with Crippen LogP contribution in [0.4, 0.5) is 0 Å². The Morgan fingerprint density at radius 3 is 2.94 bits per heavy atom. The largest absolute Gasteiger partial charge is 0.374 e. The van der Waals surface area contributed by atoms with Gasteiger partial charge in [0, 0.05) is 19.2 Å². The topological polar surface area (TPSA) is 67.0 Å². The number of ether oxygens (including phenoxy) is 1. The molecule has 18 heavy (non-hydrogen) atoms. The summed E-state index contributed by atoms with van der Waals surface area (Å²) in [6, 6.07) is 1.52. The average molecular weight is 253 g/mol. The molecule has 0 aliphatic carbocycles.